The van der Waals surface area contributed by atoms with Crippen LogP contribution >= 0.6 is 35.6 Å². The Morgan fingerprint density at radius 3 is 2.47 bits per heavy atom. The molecule has 0 saturated carbocycles. The van der Waals surface area contributed by atoms with Gasteiger partial charge in [0.1, 0.15) is 14.8 Å². The molecule has 10 heteroatoms. The number of hydrogen-bond acceptors (Lipinski definition) is 7. The molecule has 0 bridgehead atoms. The second kappa shape index (κ2) is 9.05. The van der Waals surface area contributed by atoms with Crippen molar-refractivity contribution in [2.24, 2.45) is 0 Å². The Bertz CT molecular complexity index is 1470. The highest BCUT2D eigenvalue weighted by Gasteiger charge is 2.78. The molecule has 2 spiro atoms. The van der Waals surface area contributed by atoms with E-state index in [9.17, 15) is 9.59 Å². The number of aromatic nitrogens is 1. The van der Waals surface area contributed by atoms with Crippen molar-refractivity contribution in [1.82, 2.24) is 14.8 Å². The smallest absolute Gasteiger partial charge is 0.254 e. The van der Waals surface area contributed by atoms with Crippen LogP contribution in [0.5, 0.6) is 5.75 Å². The second-order valence-corrected chi connectivity index (χ2v) is 12.1. The van der Waals surface area contributed by atoms with Gasteiger partial charge in [-0.1, -0.05) is 47.7 Å². The standard InChI is InChI=1S/C28H25ClN4O3S2/c1-31-16-22(18-10-12-30-13-11-18)28(27(31)21-14-19(29)6-9-23(21)32(2)24(27)34)25(35)33(26(37)38-28)15-17-4-7-20(36-3)8-5-17/h4-14,22H,15-16H2,1-3H3/t22-,27+,28-/m1/s1. The third-order valence-electron chi connectivity index (χ3n) is 8.02. The SMILES string of the molecule is COc1ccc(CN2C(=O)[C@]3(SC2=S)[C@@H](c2ccncc2)CN(C)[C@@]32C(=O)N(C)c3ccc(Cl)cc32)cc1. The first-order valence-electron chi connectivity index (χ1n) is 12.1. The molecule has 2 saturated heterocycles. The number of nitrogens with zero attached hydrogens (tertiary/aromatic N) is 4. The largest absolute Gasteiger partial charge is 0.497 e. The van der Waals surface area contributed by atoms with E-state index in [-0.39, 0.29) is 17.7 Å². The number of pyridine rings is 1. The molecule has 6 rings (SSSR count). The van der Waals surface area contributed by atoms with Gasteiger partial charge in [-0.3, -0.25) is 24.4 Å². The van der Waals surface area contributed by atoms with E-state index in [1.165, 1.54) is 11.8 Å². The Balaban J connectivity index is 1.56. The number of likely N-dealkylation sites (tertiary alicyclic amines) is 1. The molecule has 0 aliphatic carbocycles. The lowest BCUT2D eigenvalue weighted by Gasteiger charge is -2.42. The van der Waals surface area contributed by atoms with E-state index >= 15 is 0 Å². The van der Waals surface area contributed by atoms with Crippen LogP contribution in [0.1, 0.15) is 22.6 Å². The summed E-state index contributed by atoms with van der Waals surface area (Å²) in [5.41, 5.74) is 2.03. The number of halogens is 1. The highest BCUT2D eigenvalue weighted by atomic mass is 35.5. The van der Waals surface area contributed by atoms with Crippen LogP contribution in [0, 0.1) is 0 Å². The van der Waals surface area contributed by atoms with Gasteiger partial charge in [-0.25, -0.2) is 0 Å². The van der Waals surface area contributed by atoms with Gasteiger partial charge in [0.25, 0.3) is 5.91 Å². The predicted molar refractivity (Wildman–Crippen MR) is 153 cm³/mol. The molecule has 3 aliphatic rings. The minimum Gasteiger partial charge on any atom is -0.497 e. The summed E-state index contributed by atoms with van der Waals surface area (Å²) in [7, 11) is 5.28. The monoisotopic (exact) mass is 564 g/mol. The fraction of sp³-hybridized carbons (Fsp3) is 0.286. The zero-order chi connectivity index (χ0) is 26.8. The highest BCUT2D eigenvalue weighted by molar-refractivity contribution is 8.25. The van der Waals surface area contributed by atoms with Gasteiger partial charge in [-0.15, -0.1) is 0 Å². The molecule has 38 heavy (non-hydrogen) atoms. The van der Waals surface area contributed by atoms with Gasteiger partial charge in [0, 0.05) is 48.2 Å². The van der Waals surface area contributed by atoms with Crippen molar-refractivity contribution >= 4 is 57.4 Å². The summed E-state index contributed by atoms with van der Waals surface area (Å²) in [4.78, 5) is 38.8. The first kappa shape index (κ1) is 25.3. The van der Waals surface area contributed by atoms with Crippen LogP contribution < -0.4 is 9.64 Å². The maximum atomic E-state index is 14.9. The van der Waals surface area contributed by atoms with E-state index in [4.69, 9.17) is 28.6 Å². The lowest BCUT2D eigenvalue weighted by Crippen LogP contribution is -2.62. The summed E-state index contributed by atoms with van der Waals surface area (Å²) >= 11 is 13.7. The Morgan fingerprint density at radius 2 is 1.79 bits per heavy atom. The first-order chi connectivity index (χ1) is 18.3. The fourth-order valence-corrected chi connectivity index (χ4v) is 8.61. The van der Waals surface area contributed by atoms with Crippen LogP contribution in [0.3, 0.4) is 0 Å². The number of likely N-dealkylation sites (N-methyl/N-ethyl adjacent to an activating group) is 2. The van der Waals surface area contributed by atoms with E-state index in [0.717, 1.165) is 28.1 Å². The number of amides is 2. The van der Waals surface area contributed by atoms with Crippen LogP contribution in [0.2, 0.25) is 5.02 Å². The molecule has 7 nitrogen and oxygen atoms in total. The molecule has 194 valence electrons. The zero-order valence-corrected chi connectivity index (χ0v) is 23.4. The summed E-state index contributed by atoms with van der Waals surface area (Å²) in [6.45, 7) is 0.777. The van der Waals surface area contributed by atoms with Gasteiger partial charge >= 0.3 is 0 Å². The van der Waals surface area contributed by atoms with Crippen molar-refractivity contribution in [3.05, 3.63) is 88.7 Å². The van der Waals surface area contributed by atoms with E-state index in [1.807, 2.05) is 60.5 Å². The molecular formula is C28H25ClN4O3S2. The van der Waals surface area contributed by atoms with E-state index < -0.39 is 10.3 Å². The predicted octanol–water partition coefficient (Wildman–Crippen LogP) is 4.44. The third-order valence-corrected chi connectivity index (χ3v) is 10.2. The van der Waals surface area contributed by atoms with Crippen molar-refractivity contribution in [2.45, 2.75) is 22.7 Å². The number of hydrogen-bond donors (Lipinski definition) is 0. The quantitative estimate of drug-likeness (QED) is 0.434. The first-order valence-corrected chi connectivity index (χ1v) is 13.7. The normalized spacial score (nSPS) is 26.7. The number of benzene rings is 2. The summed E-state index contributed by atoms with van der Waals surface area (Å²) in [6, 6.07) is 16.9. The minimum absolute atomic E-state index is 0.163. The van der Waals surface area contributed by atoms with Gasteiger partial charge in [0.15, 0.2) is 5.54 Å². The van der Waals surface area contributed by atoms with E-state index in [2.05, 4.69) is 4.98 Å². The Morgan fingerprint density at radius 1 is 1.08 bits per heavy atom. The fourth-order valence-electron chi connectivity index (χ4n) is 6.32. The summed E-state index contributed by atoms with van der Waals surface area (Å²) in [6.07, 6.45) is 3.44. The average molecular weight is 565 g/mol. The molecule has 2 amide bonds. The molecular weight excluding hydrogens is 540 g/mol. The molecule has 0 radical (unpaired) electrons. The van der Waals surface area contributed by atoms with Gasteiger partial charge < -0.3 is 9.64 Å². The summed E-state index contributed by atoms with van der Waals surface area (Å²) in [5, 5.41) is 0.509. The Kier molecular flexibility index (Phi) is 6.03. The number of anilines is 1. The second-order valence-electron chi connectivity index (χ2n) is 9.79. The Labute approximate surface area is 235 Å². The van der Waals surface area contributed by atoms with Crippen LogP contribution in [0.4, 0.5) is 5.69 Å². The van der Waals surface area contributed by atoms with Crippen molar-refractivity contribution in [3.63, 3.8) is 0 Å². The van der Waals surface area contributed by atoms with Gasteiger partial charge in [-0.2, -0.15) is 0 Å². The number of methoxy groups -OCH3 is 1. The van der Waals surface area contributed by atoms with Gasteiger partial charge in [-0.05, 0) is 60.6 Å². The molecule has 3 aliphatic heterocycles. The molecule has 0 unspecified atom stereocenters. The lowest BCUT2D eigenvalue weighted by atomic mass is 9.72. The van der Waals surface area contributed by atoms with Crippen molar-refractivity contribution in [2.75, 3.05) is 32.6 Å². The zero-order valence-electron chi connectivity index (χ0n) is 21.1. The summed E-state index contributed by atoms with van der Waals surface area (Å²) in [5.74, 6) is 0.0686. The minimum atomic E-state index is -1.30. The number of thiocarbonyl (C=S) groups is 1. The Hall–Kier alpha value is -2.98. The van der Waals surface area contributed by atoms with Crippen LogP contribution in [0.25, 0.3) is 0 Å². The number of thioether (sulfide) groups is 1. The topological polar surface area (TPSA) is 66.0 Å². The number of carbonyl (C=O) groups excluding carboxylic acids is 2. The number of ether oxygens (including phenoxy) is 1. The lowest BCUT2D eigenvalue weighted by molar-refractivity contribution is -0.139. The molecule has 4 heterocycles. The molecule has 3 atom stereocenters. The highest BCUT2D eigenvalue weighted by Crippen LogP contribution is 2.66. The number of fused-ring (bicyclic) bond motifs is 3. The molecule has 3 aromatic rings. The third kappa shape index (κ3) is 3.25. The van der Waals surface area contributed by atoms with Gasteiger partial charge in [0.2, 0.25) is 5.91 Å². The van der Waals surface area contributed by atoms with Crippen LogP contribution in [-0.2, 0) is 21.7 Å². The maximum absolute atomic E-state index is 14.9. The van der Waals surface area contributed by atoms with Crippen molar-refractivity contribution < 1.29 is 14.3 Å². The molecule has 2 aromatic carbocycles. The van der Waals surface area contributed by atoms with Crippen molar-refractivity contribution in [1.29, 1.82) is 0 Å². The average Bonchev–Trinajstić information content (AvgIpc) is 3.43. The van der Waals surface area contributed by atoms with Crippen LogP contribution in [-0.4, -0.2) is 63.4 Å². The molecule has 2 fully saturated rings. The van der Waals surface area contributed by atoms with Gasteiger partial charge in [0.05, 0.1) is 13.7 Å². The number of carbonyl (C=O) groups is 2. The summed E-state index contributed by atoms with van der Waals surface area (Å²) < 4.78 is 4.49. The van der Waals surface area contributed by atoms with Crippen LogP contribution in [0.15, 0.2) is 67.0 Å². The number of rotatable bonds is 4. The van der Waals surface area contributed by atoms with Crippen molar-refractivity contribution in [3.8, 4) is 5.75 Å². The maximum Gasteiger partial charge on any atom is 0.254 e. The molecule has 0 N–H and O–H groups in total. The van der Waals surface area contributed by atoms with E-state index in [1.54, 1.807) is 42.4 Å². The molecule has 1 aromatic heterocycles. The van der Waals surface area contributed by atoms with E-state index in [0.29, 0.717) is 22.4 Å².